The zero-order chi connectivity index (χ0) is 22.0. The lowest BCUT2D eigenvalue weighted by molar-refractivity contribution is -0.135. The smallest absolute Gasteiger partial charge is 0.264 e. The third-order valence-corrected chi connectivity index (χ3v) is 5.63. The number of Topliss-reactive ketones (excluding diaryl/α,β-unsaturated/α-hetero) is 1. The van der Waals surface area contributed by atoms with E-state index in [2.05, 4.69) is 0 Å². The zero-order valence-electron chi connectivity index (χ0n) is 17.7. The van der Waals surface area contributed by atoms with Gasteiger partial charge in [0, 0.05) is 11.1 Å². The SMILES string of the molecule is Cc1ccc(OCCN2C(=O)C(O)(CC(=O)c3ccc(C)cc3)c3ccccc32)cc1. The molecule has 31 heavy (non-hydrogen) atoms. The molecule has 0 fully saturated rings. The fraction of sp³-hybridized carbons (Fsp3) is 0.231. The summed E-state index contributed by atoms with van der Waals surface area (Å²) in [6.07, 6.45) is -0.304. The molecule has 1 atom stereocenters. The highest BCUT2D eigenvalue weighted by atomic mass is 16.5. The van der Waals surface area contributed by atoms with E-state index in [-0.39, 0.29) is 25.4 Å². The first-order valence-corrected chi connectivity index (χ1v) is 10.3. The van der Waals surface area contributed by atoms with Gasteiger partial charge >= 0.3 is 0 Å². The summed E-state index contributed by atoms with van der Waals surface area (Å²) in [5, 5.41) is 11.4. The molecule has 5 nitrogen and oxygen atoms in total. The lowest BCUT2D eigenvalue weighted by Gasteiger charge is -2.23. The summed E-state index contributed by atoms with van der Waals surface area (Å²) in [5.74, 6) is -0.0552. The van der Waals surface area contributed by atoms with E-state index in [0.717, 1.165) is 16.9 Å². The standard InChI is InChI=1S/C26H25NO4/c1-18-7-11-20(12-8-18)24(28)17-26(30)22-5-3-4-6-23(22)27(25(26)29)15-16-31-21-13-9-19(2)10-14-21/h3-14,30H,15-17H2,1-2H3. The number of aliphatic hydroxyl groups is 1. The molecule has 5 heteroatoms. The maximum absolute atomic E-state index is 13.3. The van der Waals surface area contributed by atoms with Crippen LogP contribution in [0.5, 0.6) is 5.75 Å². The number of anilines is 1. The van der Waals surface area contributed by atoms with E-state index in [1.807, 2.05) is 56.3 Å². The predicted molar refractivity (Wildman–Crippen MR) is 119 cm³/mol. The quantitative estimate of drug-likeness (QED) is 0.588. The van der Waals surface area contributed by atoms with Crippen molar-refractivity contribution in [1.29, 1.82) is 0 Å². The van der Waals surface area contributed by atoms with Gasteiger partial charge in [0.2, 0.25) is 0 Å². The number of hydrogen-bond acceptors (Lipinski definition) is 4. The summed E-state index contributed by atoms with van der Waals surface area (Å²) in [4.78, 5) is 27.6. The highest BCUT2D eigenvalue weighted by Crippen LogP contribution is 2.42. The molecule has 158 valence electrons. The van der Waals surface area contributed by atoms with Crippen molar-refractivity contribution < 1.29 is 19.4 Å². The summed E-state index contributed by atoms with van der Waals surface area (Å²) >= 11 is 0. The van der Waals surface area contributed by atoms with E-state index >= 15 is 0 Å². The number of nitrogens with zero attached hydrogens (tertiary/aromatic N) is 1. The lowest BCUT2D eigenvalue weighted by Crippen LogP contribution is -2.43. The maximum Gasteiger partial charge on any atom is 0.264 e. The zero-order valence-corrected chi connectivity index (χ0v) is 17.7. The molecular formula is C26H25NO4. The molecule has 1 heterocycles. The third kappa shape index (κ3) is 4.09. The molecule has 1 aliphatic rings. The van der Waals surface area contributed by atoms with Crippen molar-refractivity contribution in [2.24, 2.45) is 0 Å². The van der Waals surface area contributed by atoms with Crippen molar-refractivity contribution in [2.75, 3.05) is 18.1 Å². The number of carbonyl (C=O) groups excluding carboxylic acids is 2. The first-order valence-electron chi connectivity index (χ1n) is 10.3. The van der Waals surface area contributed by atoms with Gasteiger partial charge in [-0.05, 0) is 32.0 Å². The summed E-state index contributed by atoms with van der Waals surface area (Å²) in [7, 11) is 0. The predicted octanol–water partition coefficient (Wildman–Crippen LogP) is 4.19. The van der Waals surface area contributed by atoms with Gasteiger partial charge in [0.15, 0.2) is 11.4 Å². The van der Waals surface area contributed by atoms with Gasteiger partial charge in [-0.3, -0.25) is 9.59 Å². The Morgan fingerprint density at radius 3 is 2.23 bits per heavy atom. The van der Waals surface area contributed by atoms with Gasteiger partial charge in [-0.2, -0.15) is 0 Å². The molecule has 4 rings (SSSR count). The minimum Gasteiger partial charge on any atom is -0.492 e. The second-order valence-corrected chi connectivity index (χ2v) is 7.96. The Morgan fingerprint density at radius 1 is 0.935 bits per heavy atom. The van der Waals surface area contributed by atoms with Crippen LogP contribution in [0.2, 0.25) is 0 Å². The number of ether oxygens (including phenoxy) is 1. The summed E-state index contributed by atoms with van der Waals surface area (Å²) in [6.45, 7) is 4.48. The van der Waals surface area contributed by atoms with E-state index < -0.39 is 11.5 Å². The highest BCUT2D eigenvalue weighted by Gasteiger charge is 2.50. The second kappa shape index (κ2) is 8.36. The molecule has 1 unspecified atom stereocenters. The van der Waals surface area contributed by atoms with Crippen molar-refractivity contribution >= 4 is 17.4 Å². The summed E-state index contributed by atoms with van der Waals surface area (Å²) < 4.78 is 5.77. The second-order valence-electron chi connectivity index (χ2n) is 7.96. The molecule has 1 aliphatic heterocycles. The fourth-order valence-electron chi connectivity index (χ4n) is 3.86. The number of hydrogen-bond donors (Lipinski definition) is 1. The lowest BCUT2D eigenvalue weighted by atomic mass is 9.88. The van der Waals surface area contributed by atoms with Gasteiger partial charge in [-0.15, -0.1) is 0 Å². The van der Waals surface area contributed by atoms with Gasteiger partial charge < -0.3 is 14.7 Å². The molecule has 1 N–H and O–H groups in total. The molecule has 0 aliphatic carbocycles. The average Bonchev–Trinajstić information content (AvgIpc) is 2.97. The molecule has 1 amide bonds. The monoisotopic (exact) mass is 415 g/mol. The highest BCUT2D eigenvalue weighted by molar-refractivity contribution is 6.10. The van der Waals surface area contributed by atoms with Crippen LogP contribution in [0, 0.1) is 13.8 Å². The Bertz CT molecular complexity index is 1110. The molecule has 0 aromatic heterocycles. The van der Waals surface area contributed by atoms with Crippen molar-refractivity contribution in [3.05, 3.63) is 95.1 Å². The van der Waals surface area contributed by atoms with Crippen molar-refractivity contribution in [2.45, 2.75) is 25.9 Å². The Kier molecular flexibility index (Phi) is 5.61. The molecule has 3 aromatic rings. The summed E-state index contributed by atoms with van der Waals surface area (Å²) in [5.41, 5.74) is 1.83. The maximum atomic E-state index is 13.3. The van der Waals surface area contributed by atoms with Crippen LogP contribution < -0.4 is 9.64 Å². The number of fused-ring (bicyclic) bond motifs is 1. The van der Waals surface area contributed by atoms with Crippen molar-refractivity contribution in [1.82, 2.24) is 0 Å². The van der Waals surface area contributed by atoms with Crippen LogP contribution in [0.1, 0.15) is 33.5 Å². The number of carbonyl (C=O) groups is 2. The first kappa shape index (κ1) is 20.8. The van der Waals surface area contributed by atoms with E-state index in [4.69, 9.17) is 4.74 Å². The number of benzene rings is 3. The van der Waals surface area contributed by atoms with Gasteiger partial charge in [-0.1, -0.05) is 65.7 Å². The minimum atomic E-state index is -1.89. The van der Waals surface area contributed by atoms with Crippen LogP contribution in [0.3, 0.4) is 0 Å². The van der Waals surface area contributed by atoms with E-state index in [1.165, 1.54) is 4.90 Å². The number of aryl methyl sites for hydroxylation is 2. The van der Waals surface area contributed by atoms with Gasteiger partial charge in [0.1, 0.15) is 12.4 Å². The van der Waals surface area contributed by atoms with Crippen LogP contribution in [0.25, 0.3) is 0 Å². The molecule has 0 radical (unpaired) electrons. The number of ketones is 1. The molecular weight excluding hydrogens is 390 g/mol. The van der Waals surface area contributed by atoms with E-state index in [9.17, 15) is 14.7 Å². The van der Waals surface area contributed by atoms with Gasteiger partial charge in [0.25, 0.3) is 5.91 Å². The number of para-hydroxylation sites is 1. The molecule has 0 saturated carbocycles. The fourth-order valence-corrected chi connectivity index (χ4v) is 3.86. The summed E-state index contributed by atoms with van der Waals surface area (Å²) in [6, 6.07) is 21.9. The topological polar surface area (TPSA) is 66.8 Å². The van der Waals surface area contributed by atoms with Crippen LogP contribution in [0.4, 0.5) is 5.69 Å². The Morgan fingerprint density at radius 2 is 1.55 bits per heavy atom. The van der Waals surface area contributed by atoms with Crippen LogP contribution in [-0.2, 0) is 10.4 Å². The molecule has 0 bridgehead atoms. The first-order chi connectivity index (χ1) is 14.9. The Hall–Kier alpha value is -3.44. The van der Waals surface area contributed by atoms with Crippen LogP contribution in [0.15, 0.2) is 72.8 Å². The largest absolute Gasteiger partial charge is 0.492 e. The van der Waals surface area contributed by atoms with E-state index in [1.54, 1.807) is 30.3 Å². The van der Waals surface area contributed by atoms with Crippen molar-refractivity contribution in [3.63, 3.8) is 0 Å². The normalized spacial score (nSPS) is 17.5. The molecule has 0 spiro atoms. The van der Waals surface area contributed by atoms with Crippen LogP contribution in [-0.4, -0.2) is 29.9 Å². The van der Waals surface area contributed by atoms with Gasteiger partial charge in [0.05, 0.1) is 18.7 Å². The van der Waals surface area contributed by atoms with E-state index in [0.29, 0.717) is 16.8 Å². The average molecular weight is 415 g/mol. The Balaban J connectivity index is 1.52. The molecule has 0 saturated heterocycles. The van der Waals surface area contributed by atoms with Crippen LogP contribution >= 0.6 is 0 Å². The number of amides is 1. The number of rotatable bonds is 7. The van der Waals surface area contributed by atoms with Gasteiger partial charge in [-0.25, -0.2) is 0 Å². The Labute approximate surface area is 181 Å². The molecule has 3 aromatic carbocycles. The van der Waals surface area contributed by atoms with Crippen molar-refractivity contribution in [3.8, 4) is 5.75 Å². The third-order valence-electron chi connectivity index (χ3n) is 5.63. The minimum absolute atomic E-state index is 0.269.